The average Bonchev–Trinajstić information content (AvgIpc) is 2.61. The summed E-state index contributed by atoms with van der Waals surface area (Å²) in [7, 11) is 0. The van der Waals surface area contributed by atoms with Crippen molar-refractivity contribution in [2.75, 3.05) is 13.2 Å². The van der Waals surface area contributed by atoms with Crippen LogP contribution < -0.4 is 5.32 Å². The number of halogens is 2. The van der Waals surface area contributed by atoms with Crippen LogP contribution in [0.15, 0.2) is 48.5 Å². The van der Waals surface area contributed by atoms with Gasteiger partial charge in [0.1, 0.15) is 5.82 Å². The number of ether oxygens (including phenoxy) is 1. The Hall–Kier alpha value is -1.42. The van der Waals surface area contributed by atoms with Crippen molar-refractivity contribution in [2.24, 2.45) is 5.41 Å². The second kappa shape index (κ2) is 8.72. The zero-order valence-electron chi connectivity index (χ0n) is 16.2. The smallest absolute Gasteiger partial charge is 0.127 e. The van der Waals surface area contributed by atoms with E-state index in [0.717, 1.165) is 43.9 Å². The van der Waals surface area contributed by atoms with E-state index < -0.39 is 0 Å². The van der Waals surface area contributed by atoms with Crippen LogP contribution in [0.5, 0.6) is 0 Å². The first-order chi connectivity index (χ1) is 12.9. The fourth-order valence-corrected chi connectivity index (χ4v) is 4.51. The predicted molar refractivity (Wildman–Crippen MR) is 110 cm³/mol. The quantitative estimate of drug-likeness (QED) is 0.606. The van der Waals surface area contributed by atoms with E-state index in [-0.39, 0.29) is 16.8 Å². The predicted octanol–water partition coefficient (Wildman–Crippen LogP) is 5.78. The van der Waals surface area contributed by atoms with Gasteiger partial charge < -0.3 is 10.1 Å². The molecule has 0 aliphatic carbocycles. The van der Waals surface area contributed by atoms with E-state index >= 15 is 0 Å². The molecule has 0 aromatic heterocycles. The van der Waals surface area contributed by atoms with E-state index in [9.17, 15) is 4.39 Å². The molecule has 1 heterocycles. The Morgan fingerprint density at radius 2 is 1.78 bits per heavy atom. The standard InChI is InChI=1S/C23H29ClFNO/c1-22(2)17-23(12-14-27-22,15-18-7-3-5-9-20(18)24)11-13-26-16-19-8-4-6-10-21(19)25/h3-10,26H,11-17H2,1-2H3/t23-/m1/s1. The van der Waals surface area contributed by atoms with E-state index in [0.29, 0.717) is 12.1 Å². The number of rotatable bonds is 7. The van der Waals surface area contributed by atoms with Crippen LogP contribution in [0.4, 0.5) is 4.39 Å². The molecule has 0 bridgehead atoms. The van der Waals surface area contributed by atoms with Gasteiger partial charge in [-0.15, -0.1) is 0 Å². The monoisotopic (exact) mass is 389 g/mol. The maximum atomic E-state index is 13.8. The van der Waals surface area contributed by atoms with Crippen molar-refractivity contribution in [2.45, 2.75) is 51.7 Å². The summed E-state index contributed by atoms with van der Waals surface area (Å²) < 4.78 is 19.8. The van der Waals surface area contributed by atoms with Crippen LogP contribution in [0, 0.1) is 11.2 Å². The number of hydrogen-bond acceptors (Lipinski definition) is 2. The summed E-state index contributed by atoms with van der Waals surface area (Å²) in [4.78, 5) is 0. The highest BCUT2D eigenvalue weighted by molar-refractivity contribution is 6.31. The van der Waals surface area contributed by atoms with E-state index in [1.807, 2.05) is 24.3 Å². The van der Waals surface area contributed by atoms with Crippen molar-refractivity contribution in [1.82, 2.24) is 5.32 Å². The number of nitrogens with one attached hydrogen (secondary N) is 1. The lowest BCUT2D eigenvalue weighted by Gasteiger charge is -2.45. The largest absolute Gasteiger partial charge is 0.376 e. The van der Waals surface area contributed by atoms with Crippen molar-refractivity contribution >= 4 is 11.6 Å². The van der Waals surface area contributed by atoms with Gasteiger partial charge in [-0.2, -0.15) is 0 Å². The maximum Gasteiger partial charge on any atom is 0.127 e. The van der Waals surface area contributed by atoms with Crippen molar-refractivity contribution in [1.29, 1.82) is 0 Å². The minimum Gasteiger partial charge on any atom is -0.376 e. The molecule has 2 aromatic rings. The Balaban J connectivity index is 1.67. The van der Waals surface area contributed by atoms with Gasteiger partial charge in [0, 0.05) is 23.7 Å². The third kappa shape index (κ3) is 5.54. The van der Waals surface area contributed by atoms with Crippen LogP contribution in [-0.4, -0.2) is 18.8 Å². The molecule has 27 heavy (non-hydrogen) atoms. The molecule has 0 amide bonds. The fourth-order valence-electron chi connectivity index (χ4n) is 4.30. The molecule has 3 rings (SSSR count). The van der Waals surface area contributed by atoms with Gasteiger partial charge in [-0.25, -0.2) is 4.39 Å². The molecule has 146 valence electrons. The average molecular weight is 390 g/mol. The van der Waals surface area contributed by atoms with Gasteiger partial charge in [0.2, 0.25) is 0 Å². The van der Waals surface area contributed by atoms with Crippen molar-refractivity contribution in [3.8, 4) is 0 Å². The number of benzene rings is 2. The second-order valence-electron chi connectivity index (χ2n) is 8.32. The summed E-state index contributed by atoms with van der Waals surface area (Å²) >= 11 is 6.45. The van der Waals surface area contributed by atoms with Crippen LogP contribution in [0.3, 0.4) is 0 Å². The normalized spacial score (nSPS) is 21.9. The molecule has 0 saturated carbocycles. The van der Waals surface area contributed by atoms with Gasteiger partial charge in [0.05, 0.1) is 5.60 Å². The topological polar surface area (TPSA) is 21.3 Å². The molecular formula is C23H29ClFNO. The van der Waals surface area contributed by atoms with Gasteiger partial charge in [-0.3, -0.25) is 0 Å². The molecule has 0 radical (unpaired) electrons. The van der Waals surface area contributed by atoms with Gasteiger partial charge >= 0.3 is 0 Å². The Labute approximate surface area is 167 Å². The Morgan fingerprint density at radius 3 is 2.48 bits per heavy atom. The third-order valence-electron chi connectivity index (χ3n) is 5.55. The lowest BCUT2D eigenvalue weighted by Crippen LogP contribution is -2.43. The molecule has 1 saturated heterocycles. The Bertz CT molecular complexity index is 764. The highest BCUT2D eigenvalue weighted by atomic mass is 35.5. The van der Waals surface area contributed by atoms with E-state index in [2.05, 4.69) is 31.3 Å². The van der Waals surface area contributed by atoms with Crippen LogP contribution in [0.2, 0.25) is 5.02 Å². The van der Waals surface area contributed by atoms with Gasteiger partial charge in [0.25, 0.3) is 0 Å². The molecule has 2 nitrogen and oxygen atoms in total. The molecule has 1 N–H and O–H groups in total. The molecule has 4 heteroatoms. The lowest BCUT2D eigenvalue weighted by molar-refractivity contribution is -0.107. The first-order valence-electron chi connectivity index (χ1n) is 9.71. The van der Waals surface area contributed by atoms with Crippen molar-refractivity contribution in [3.05, 3.63) is 70.5 Å². The Kier molecular flexibility index (Phi) is 6.56. The van der Waals surface area contributed by atoms with Gasteiger partial charge in [-0.05, 0) is 69.2 Å². The summed E-state index contributed by atoms with van der Waals surface area (Å²) in [5, 5.41) is 4.26. The van der Waals surface area contributed by atoms with E-state index in [4.69, 9.17) is 16.3 Å². The molecule has 1 aliphatic rings. The van der Waals surface area contributed by atoms with Crippen LogP contribution in [0.25, 0.3) is 0 Å². The van der Waals surface area contributed by atoms with Gasteiger partial charge in [-0.1, -0.05) is 48.0 Å². The summed E-state index contributed by atoms with van der Waals surface area (Å²) in [6, 6.07) is 15.1. The zero-order chi connectivity index (χ0) is 19.3. The number of hydrogen-bond donors (Lipinski definition) is 1. The fraction of sp³-hybridized carbons (Fsp3) is 0.478. The molecule has 1 atom stereocenters. The molecule has 1 fully saturated rings. The Morgan fingerprint density at radius 1 is 1.07 bits per heavy atom. The van der Waals surface area contributed by atoms with E-state index in [1.165, 1.54) is 11.6 Å². The highest BCUT2D eigenvalue weighted by Gasteiger charge is 2.40. The highest BCUT2D eigenvalue weighted by Crippen LogP contribution is 2.44. The maximum absolute atomic E-state index is 13.8. The molecule has 0 spiro atoms. The first-order valence-corrected chi connectivity index (χ1v) is 10.1. The summed E-state index contributed by atoms with van der Waals surface area (Å²) in [6.45, 7) is 6.49. The molecule has 1 aliphatic heterocycles. The zero-order valence-corrected chi connectivity index (χ0v) is 17.0. The van der Waals surface area contributed by atoms with Gasteiger partial charge in [0.15, 0.2) is 0 Å². The van der Waals surface area contributed by atoms with Crippen LogP contribution in [0.1, 0.15) is 44.2 Å². The summed E-state index contributed by atoms with van der Waals surface area (Å²) in [5.41, 5.74) is 1.91. The summed E-state index contributed by atoms with van der Waals surface area (Å²) in [5.74, 6) is -0.150. The third-order valence-corrected chi connectivity index (χ3v) is 5.92. The molecule has 2 aromatic carbocycles. The van der Waals surface area contributed by atoms with Crippen LogP contribution in [-0.2, 0) is 17.7 Å². The molecular weight excluding hydrogens is 361 g/mol. The minimum atomic E-state index is -0.150. The van der Waals surface area contributed by atoms with Crippen molar-refractivity contribution in [3.63, 3.8) is 0 Å². The van der Waals surface area contributed by atoms with Crippen molar-refractivity contribution < 1.29 is 9.13 Å². The second-order valence-corrected chi connectivity index (χ2v) is 8.73. The molecule has 0 unspecified atom stereocenters. The summed E-state index contributed by atoms with van der Waals surface area (Å²) in [6.07, 6.45) is 3.97. The van der Waals surface area contributed by atoms with Crippen LogP contribution >= 0.6 is 11.6 Å². The van der Waals surface area contributed by atoms with E-state index in [1.54, 1.807) is 6.07 Å². The minimum absolute atomic E-state index is 0.134. The lowest BCUT2D eigenvalue weighted by atomic mass is 9.68. The SMILES string of the molecule is CC1(C)C[C@@](CCNCc2ccccc2F)(Cc2ccccc2Cl)CCO1. The first kappa shape index (κ1) is 20.3.